The maximum absolute atomic E-state index is 12.8. The molecule has 0 bridgehead atoms. The van der Waals surface area contributed by atoms with Gasteiger partial charge in [-0.05, 0) is 32.3 Å². The normalized spacial score (nSPS) is 19.0. The number of benzene rings is 1. The second kappa shape index (κ2) is 6.34. The summed E-state index contributed by atoms with van der Waals surface area (Å²) in [6.45, 7) is 4.70. The molecule has 0 N–H and O–H groups in total. The van der Waals surface area contributed by atoms with Crippen molar-refractivity contribution in [2.75, 3.05) is 6.54 Å². The molecular weight excluding hydrogens is 276 g/mol. The summed E-state index contributed by atoms with van der Waals surface area (Å²) in [5.74, 6) is 0.297. The van der Waals surface area contributed by atoms with E-state index in [9.17, 15) is 4.79 Å². The highest BCUT2D eigenvalue weighted by molar-refractivity contribution is 5.91. The summed E-state index contributed by atoms with van der Waals surface area (Å²) in [7, 11) is 0. The van der Waals surface area contributed by atoms with E-state index in [2.05, 4.69) is 36.3 Å². The van der Waals surface area contributed by atoms with Crippen molar-refractivity contribution in [2.24, 2.45) is 0 Å². The zero-order valence-corrected chi connectivity index (χ0v) is 13.2. The molecule has 1 aliphatic heterocycles. The Morgan fingerprint density at radius 3 is 2.82 bits per heavy atom. The van der Waals surface area contributed by atoms with Crippen LogP contribution in [0, 0.1) is 13.8 Å². The van der Waals surface area contributed by atoms with Gasteiger partial charge in [-0.2, -0.15) is 0 Å². The standard InChI is InChI=1S/C18H22N2O2/c1-13-7-6-8-15(11-13)16-9-4-3-5-10-20(16)18(21)17-12-14(2)19-22-17/h6-8,11-12,16H,3-5,9-10H2,1-2H3. The van der Waals surface area contributed by atoms with Crippen LogP contribution >= 0.6 is 0 Å². The molecule has 0 saturated carbocycles. The molecular formula is C18H22N2O2. The van der Waals surface area contributed by atoms with Crippen molar-refractivity contribution < 1.29 is 9.32 Å². The van der Waals surface area contributed by atoms with Crippen LogP contribution in [0.5, 0.6) is 0 Å². The summed E-state index contributed by atoms with van der Waals surface area (Å²) < 4.78 is 5.19. The summed E-state index contributed by atoms with van der Waals surface area (Å²) >= 11 is 0. The number of likely N-dealkylation sites (tertiary alicyclic amines) is 1. The van der Waals surface area contributed by atoms with E-state index in [0.717, 1.165) is 31.5 Å². The van der Waals surface area contributed by atoms with Gasteiger partial charge in [-0.1, -0.05) is 47.8 Å². The van der Waals surface area contributed by atoms with Crippen LogP contribution in [0.4, 0.5) is 0 Å². The molecule has 22 heavy (non-hydrogen) atoms. The number of rotatable bonds is 2. The average molecular weight is 298 g/mol. The molecule has 1 aromatic heterocycles. The molecule has 1 fully saturated rings. The SMILES string of the molecule is Cc1cccc(C2CCCCCN2C(=O)c2cc(C)no2)c1. The summed E-state index contributed by atoms with van der Waals surface area (Å²) in [6, 6.07) is 10.3. The molecule has 1 saturated heterocycles. The number of carbonyl (C=O) groups is 1. The van der Waals surface area contributed by atoms with Crippen molar-refractivity contribution in [3.63, 3.8) is 0 Å². The van der Waals surface area contributed by atoms with Gasteiger partial charge < -0.3 is 9.42 Å². The van der Waals surface area contributed by atoms with Crippen molar-refractivity contribution in [1.82, 2.24) is 10.1 Å². The number of hydrogen-bond acceptors (Lipinski definition) is 3. The van der Waals surface area contributed by atoms with Gasteiger partial charge in [-0.3, -0.25) is 4.79 Å². The first-order valence-corrected chi connectivity index (χ1v) is 7.96. The second-order valence-electron chi connectivity index (χ2n) is 6.11. The Morgan fingerprint density at radius 1 is 1.23 bits per heavy atom. The highest BCUT2D eigenvalue weighted by Crippen LogP contribution is 2.31. The Bertz CT molecular complexity index is 663. The van der Waals surface area contributed by atoms with E-state index >= 15 is 0 Å². The lowest BCUT2D eigenvalue weighted by molar-refractivity contribution is 0.0638. The quantitative estimate of drug-likeness (QED) is 0.840. The van der Waals surface area contributed by atoms with Crippen LogP contribution in [0.15, 0.2) is 34.9 Å². The highest BCUT2D eigenvalue weighted by atomic mass is 16.5. The maximum atomic E-state index is 12.8. The number of carbonyl (C=O) groups excluding carboxylic acids is 1. The summed E-state index contributed by atoms with van der Waals surface area (Å²) in [4.78, 5) is 14.8. The molecule has 2 aromatic rings. The van der Waals surface area contributed by atoms with Gasteiger partial charge >= 0.3 is 0 Å². The lowest BCUT2D eigenvalue weighted by Gasteiger charge is -2.29. The third-order valence-corrected chi connectivity index (χ3v) is 4.28. The fourth-order valence-corrected chi connectivity index (χ4v) is 3.18. The molecule has 1 aliphatic rings. The smallest absolute Gasteiger partial charge is 0.292 e. The van der Waals surface area contributed by atoms with E-state index in [-0.39, 0.29) is 11.9 Å². The van der Waals surface area contributed by atoms with Gasteiger partial charge in [0.2, 0.25) is 5.76 Å². The number of hydrogen-bond donors (Lipinski definition) is 0. The van der Waals surface area contributed by atoms with Crippen LogP contribution in [0.1, 0.15) is 59.1 Å². The van der Waals surface area contributed by atoms with Gasteiger partial charge in [-0.15, -0.1) is 0 Å². The number of aryl methyl sites for hydroxylation is 2. The van der Waals surface area contributed by atoms with Crippen LogP contribution in [0.2, 0.25) is 0 Å². The molecule has 4 heteroatoms. The molecule has 1 unspecified atom stereocenters. The second-order valence-corrected chi connectivity index (χ2v) is 6.11. The minimum Gasteiger partial charge on any atom is -0.351 e. The monoisotopic (exact) mass is 298 g/mol. The Kier molecular flexibility index (Phi) is 4.27. The van der Waals surface area contributed by atoms with Crippen molar-refractivity contribution in [3.8, 4) is 0 Å². The molecule has 0 radical (unpaired) electrons. The topological polar surface area (TPSA) is 46.3 Å². The van der Waals surface area contributed by atoms with E-state index < -0.39 is 0 Å². The van der Waals surface area contributed by atoms with Gasteiger partial charge in [0.05, 0.1) is 11.7 Å². The molecule has 1 aromatic carbocycles. The maximum Gasteiger partial charge on any atom is 0.292 e. The largest absolute Gasteiger partial charge is 0.351 e. The molecule has 0 aliphatic carbocycles. The van der Waals surface area contributed by atoms with Crippen LogP contribution < -0.4 is 0 Å². The Labute approximate surface area is 131 Å². The van der Waals surface area contributed by atoms with E-state index in [0.29, 0.717) is 5.76 Å². The van der Waals surface area contributed by atoms with Gasteiger partial charge in [0.25, 0.3) is 5.91 Å². The first-order chi connectivity index (χ1) is 10.6. The van der Waals surface area contributed by atoms with Crippen molar-refractivity contribution in [3.05, 3.63) is 52.9 Å². The molecule has 1 atom stereocenters. The van der Waals surface area contributed by atoms with Crippen LogP contribution in [0.3, 0.4) is 0 Å². The molecule has 0 spiro atoms. The lowest BCUT2D eigenvalue weighted by atomic mass is 9.99. The van der Waals surface area contributed by atoms with Gasteiger partial charge in [-0.25, -0.2) is 0 Å². The third-order valence-electron chi connectivity index (χ3n) is 4.28. The molecule has 1 amide bonds. The summed E-state index contributed by atoms with van der Waals surface area (Å²) in [5, 5.41) is 3.85. The summed E-state index contributed by atoms with van der Waals surface area (Å²) in [5.41, 5.74) is 3.18. The molecule has 116 valence electrons. The van der Waals surface area contributed by atoms with E-state index in [1.54, 1.807) is 6.07 Å². The average Bonchev–Trinajstić information content (AvgIpc) is 2.80. The van der Waals surface area contributed by atoms with Crippen molar-refractivity contribution in [2.45, 2.75) is 45.6 Å². The fourth-order valence-electron chi connectivity index (χ4n) is 3.18. The van der Waals surface area contributed by atoms with E-state index in [4.69, 9.17) is 4.52 Å². The zero-order chi connectivity index (χ0) is 15.5. The van der Waals surface area contributed by atoms with Crippen molar-refractivity contribution >= 4 is 5.91 Å². The lowest BCUT2D eigenvalue weighted by Crippen LogP contribution is -2.34. The van der Waals surface area contributed by atoms with Gasteiger partial charge in [0.15, 0.2) is 0 Å². The first kappa shape index (κ1) is 14.8. The van der Waals surface area contributed by atoms with E-state index in [1.807, 2.05) is 11.8 Å². The fraction of sp³-hybridized carbons (Fsp3) is 0.444. The summed E-state index contributed by atoms with van der Waals surface area (Å²) in [6.07, 6.45) is 4.36. The number of aromatic nitrogens is 1. The Balaban J connectivity index is 1.92. The number of amides is 1. The van der Waals surface area contributed by atoms with Gasteiger partial charge in [0.1, 0.15) is 0 Å². The Hall–Kier alpha value is -2.10. The third kappa shape index (κ3) is 3.06. The Morgan fingerprint density at radius 2 is 2.09 bits per heavy atom. The van der Waals surface area contributed by atoms with Crippen LogP contribution in [-0.2, 0) is 0 Å². The predicted octanol–water partition coefficient (Wildman–Crippen LogP) is 4.05. The molecule has 4 nitrogen and oxygen atoms in total. The molecule has 2 heterocycles. The van der Waals surface area contributed by atoms with Crippen molar-refractivity contribution in [1.29, 1.82) is 0 Å². The number of nitrogens with zero attached hydrogens (tertiary/aromatic N) is 2. The van der Waals surface area contributed by atoms with E-state index in [1.165, 1.54) is 17.5 Å². The molecule has 3 rings (SSSR count). The van der Waals surface area contributed by atoms with Gasteiger partial charge in [0, 0.05) is 12.6 Å². The minimum absolute atomic E-state index is 0.0472. The van der Waals surface area contributed by atoms with Crippen LogP contribution in [-0.4, -0.2) is 22.5 Å². The first-order valence-electron chi connectivity index (χ1n) is 7.96. The van der Waals surface area contributed by atoms with Crippen LogP contribution in [0.25, 0.3) is 0 Å². The minimum atomic E-state index is -0.0472. The highest BCUT2D eigenvalue weighted by Gasteiger charge is 2.29. The zero-order valence-electron chi connectivity index (χ0n) is 13.2. The predicted molar refractivity (Wildman–Crippen MR) is 84.7 cm³/mol.